The molecular weight excluding hydrogens is 319 g/mol. The smallest absolute Gasteiger partial charge is 0.189 e. The molecule has 3 nitrogen and oxygen atoms in total. The molecule has 0 fully saturated rings. The normalized spacial score (nSPS) is 11.5. The van der Waals surface area contributed by atoms with Gasteiger partial charge in [0.05, 0.1) is 0 Å². The van der Waals surface area contributed by atoms with Crippen molar-refractivity contribution < 1.29 is 14.7 Å². The minimum atomic E-state index is -4.14. The van der Waals surface area contributed by atoms with Gasteiger partial charge in [0, 0.05) is 5.56 Å². The Bertz CT molecular complexity index is 848. The molecule has 0 aliphatic carbocycles. The molecule has 0 unspecified atom stereocenters. The molecule has 0 aliphatic rings. The van der Waals surface area contributed by atoms with Gasteiger partial charge in [-0.3, -0.25) is 0 Å². The average Bonchev–Trinajstić information content (AvgIpc) is 2.55. The molecule has 0 bridgehead atoms. The first-order valence-corrected chi connectivity index (χ1v) is 9.36. The zero-order valence-corrected chi connectivity index (χ0v) is 14.5. The van der Waals surface area contributed by atoms with Crippen LogP contribution in [0.2, 0.25) is 0 Å². The van der Waals surface area contributed by atoms with Gasteiger partial charge in [0.25, 0.3) is 0 Å². The van der Waals surface area contributed by atoms with Gasteiger partial charge in [0.15, 0.2) is 5.30 Å². The second kappa shape index (κ2) is 6.46. The van der Waals surface area contributed by atoms with E-state index < -0.39 is 7.94 Å². The van der Waals surface area contributed by atoms with E-state index >= 15 is 0 Å². The number of benzene rings is 3. The second-order valence-electron chi connectivity index (χ2n) is 6.00. The SMILES string of the molecule is Cc1ccc(-c2cccc([P+](O)(O)O)c2-c2ccc(C)cc2)cc1. The van der Waals surface area contributed by atoms with Crippen LogP contribution in [-0.2, 0) is 0 Å². The van der Waals surface area contributed by atoms with E-state index in [4.69, 9.17) is 0 Å². The fraction of sp³-hybridized carbons (Fsp3) is 0.100. The molecule has 0 atom stereocenters. The molecule has 24 heavy (non-hydrogen) atoms. The van der Waals surface area contributed by atoms with Crippen LogP contribution >= 0.6 is 7.94 Å². The highest BCUT2D eigenvalue weighted by Crippen LogP contribution is 2.48. The molecule has 122 valence electrons. The minimum absolute atomic E-state index is 0.171. The topological polar surface area (TPSA) is 60.7 Å². The molecule has 3 rings (SSSR count). The summed E-state index contributed by atoms with van der Waals surface area (Å²) in [7, 11) is -4.14. The molecule has 0 saturated carbocycles. The Morgan fingerprint density at radius 1 is 0.625 bits per heavy atom. The van der Waals surface area contributed by atoms with Crippen LogP contribution in [0, 0.1) is 13.8 Å². The van der Waals surface area contributed by atoms with Crippen molar-refractivity contribution >= 4 is 13.2 Å². The Hall–Kier alpha value is -2.03. The van der Waals surface area contributed by atoms with Crippen molar-refractivity contribution in [3.63, 3.8) is 0 Å². The van der Waals surface area contributed by atoms with Crippen molar-refractivity contribution in [2.75, 3.05) is 0 Å². The average molecular weight is 339 g/mol. The molecule has 3 aromatic carbocycles. The van der Waals surface area contributed by atoms with Crippen LogP contribution in [0.5, 0.6) is 0 Å². The van der Waals surface area contributed by atoms with Gasteiger partial charge < -0.3 is 0 Å². The first-order valence-electron chi connectivity index (χ1n) is 7.71. The highest BCUT2D eigenvalue weighted by Gasteiger charge is 2.38. The van der Waals surface area contributed by atoms with Gasteiger partial charge in [-0.05, 0) is 36.6 Å². The summed E-state index contributed by atoms with van der Waals surface area (Å²) in [6, 6.07) is 21.1. The van der Waals surface area contributed by atoms with Gasteiger partial charge in [-0.2, -0.15) is 14.7 Å². The lowest BCUT2D eigenvalue weighted by Gasteiger charge is -2.15. The zero-order valence-electron chi connectivity index (χ0n) is 13.6. The van der Waals surface area contributed by atoms with E-state index in [9.17, 15) is 14.7 Å². The Kier molecular flexibility index (Phi) is 4.53. The predicted octanol–water partition coefficient (Wildman–Crippen LogP) is 4.00. The van der Waals surface area contributed by atoms with Crippen molar-refractivity contribution in [1.82, 2.24) is 0 Å². The third-order valence-electron chi connectivity index (χ3n) is 4.07. The maximum absolute atomic E-state index is 9.92. The fourth-order valence-electron chi connectivity index (χ4n) is 2.79. The van der Waals surface area contributed by atoms with Crippen molar-refractivity contribution in [3.05, 3.63) is 77.9 Å². The highest BCUT2D eigenvalue weighted by molar-refractivity contribution is 7.67. The summed E-state index contributed by atoms with van der Waals surface area (Å²) in [5, 5.41) is 0.171. The largest absolute Gasteiger partial charge is 0.441 e. The van der Waals surface area contributed by atoms with Crippen LogP contribution < -0.4 is 5.30 Å². The van der Waals surface area contributed by atoms with Crippen molar-refractivity contribution in [1.29, 1.82) is 0 Å². The van der Waals surface area contributed by atoms with Gasteiger partial charge in [0.1, 0.15) is 0 Å². The first-order chi connectivity index (χ1) is 11.4. The molecule has 0 saturated heterocycles. The van der Waals surface area contributed by atoms with Gasteiger partial charge in [-0.15, -0.1) is 0 Å². The van der Waals surface area contributed by atoms with E-state index in [0.29, 0.717) is 5.56 Å². The number of hydrogen-bond acceptors (Lipinski definition) is 3. The molecule has 3 N–H and O–H groups in total. The van der Waals surface area contributed by atoms with Crippen LogP contribution in [0.25, 0.3) is 22.3 Å². The molecule has 0 amide bonds. The van der Waals surface area contributed by atoms with Gasteiger partial charge in [-0.1, -0.05) is 71.8 Å². The van der Waals surface area contributed by atoms with Crippen LogP contribution in [-0.4, -0.2) is 14.7 Å². The van der Waals surface area contributed by atoms with Crippen molar-refractivity contribution in [3.8, 4) is 22.3 Å². The summed E-state index contributed by atoms with van der Waals surface area (Å²) >= 11 is 0. The number of aryl methyl sites for hydroxylation is 2. The number of hydrogen-bond donors (Lipinski definition) is 3. The van der Waals surface area contributed by atoms with E-state index in [0.717, 1.165) is 27.8 Å². The van der Waals surface area contributed by atoms with Crippen molar-refractivity contribution in [2.45, 2.75) is 13.8 Å². The lowest BCUT2D eigenvalue weighted by molar-refractivity contribution is 0.347. The van der Waals surface area contributed by atoms with Crippen LogP contribution in [0.15, 0.2) is 66.7 Å². The zero-order chi connectivity index (χ0) is 17.3. The second-order valence-corrected chi connectivity index (χ2v) is 7.62. The fourth-order valence-corrected chi connectivity index (χ4v) is 3.62. The lowest BCUT2D eigenvalue weighted by Crippen LogP contribution is -2.13. The predicted molar refractivity (Wildman–Crippen MR) is 100.0 cm³/mol. The van der Waals surface area contributed by atoms with E-state index in [-0.39, 0.29) is 5.30 Å². The monoisotopic (exact) mass is 339 g/mol. The highest BCUT2D eigenvalue weighted by atomic mass is 31.2. The number of rotatable bonds is 3. The van der Waals surface area contributed by atoms with Gasteiger partial charge in [-0.25, -0.2) is 0 Å². The molecular formula is C20H20O3P+. The third kappa shape index (κ3) is 3.40. The summed E-state index contributed by atoms with van der Waals surface area (Å²) in [6.45, 7) is 4.02. The summed E-state index contributed by atoms with van der Waals surface area (Å²) in [5.74, 6) is 0. The molecule has 0 aromatic heterocycles. The van der Waals surface area contributed by atoms with Crippen LogP contribution in [0.1, 0.15) is 11.1 Å². The van der Waals surface area contributed by atoms with Gasteiger partial charge >= 0.3 is 7.94 Å². The summed E-state index contributed by atoms with van der Waals surface area (Å²) in [4.78, 5) is 29.8. The lowest BCUT2D eigenvalue weighted by atomic mass is 9.93. The van der Waals surface area contributed by atoms with E-state index in [1.807, 2.05) is 68.4 Å². The maximum Gasteiger partial charge on any atom is 0.441 e. The van der Waals surface area contributed by atoms with Crippen molar-refractivity contribution in [2.24, 2.45) is 0 Å². The summed E-state index contributed by atoms with van der Waals surface area (Å²) in [6.07, 6.45) is 0. The maximum atomic E-state index is 9.92. The molecule has 0 spiro atoms. The Morgan fingerprint density at radius 3 is 1.62 bits per heavy atom. The Morgan fingerprint density at radius 2 is 1.12 bits per heavy atom. The minimum Gasteiger partial charge on any atom is -0.189 e. The standard InChI is InChI=1S/C20H20O3P/c1-14-6-10-16(11-7-14)18-4-3-5-19(24(21,22)23)20(18)17-12-8-15(2)9-13-17/h3-13,21-23H,1-2H3/q+1. The molecule has 0 heterocycles. The van der Waals surface area contributed by atoms with Crippen LogP contribution in [0.4, 0.5) is 0 Å². The third-order valence-corrected chi connectivity index (χ3v) is 5.09. The van der Waals surface area contributed by atoms with E-state index in [1.54, 1.807) is 12.1 Å². The quantitative estimate of drug-likeness (QED) is 0.632. The first kappa shape index (κ1) is 16.8. The summed E-state index contributed by atoms with van der Waals surface area (Å²) < 4.78 is 0. The Labute approximate surface area is 142 Å². The van der Waals surface area contributed by atoms with Gasteiger partial charge in [0.2, 0.25) is 0 Å². The molecule has 4 heteroatoms. The van der Waals surface area contributed by atoms with Crippen LogP contribution in [0.3, 0.4) is 0 Å². The van der Waals surface area contributed by atoms with E-state index in [2.05, 4.69) is 0 Å². The van der Waals surface area contributed by atoms with E-state index in [1.165, 1.54) is 0 Å². The molecule has 3 aromatic rings. The Balaban J connectivity index is 2.29. The summed E-state index contributed by atoms with van der Waals surface area (Å²) in [5.41, 5.74) is 5.59. The molecule has 0 aliphatic heterocycles. The molecule has 0 radical (unpaired) electrons.